The Balaban J connectivity index is 2.78. The number of allylic oxidation sites excluding steroid dienone is 1. The quantitative estimate of drug-likeness (QED) is 0.536. The highest BCUT2D eigenvalue weighted by atomic mass is 79.9. The van der Waals surface area contributed by atoms with E-state index in [1.54, 1.807) is 13.0 Å². The molecule has 1 atom stereocenters. The third-order valence-electron chi connectivity index (χ3n) is 1.38. The number of esters is 1. The Labute approximate surface area is 83.8 Å². The molecule has 1 heterocycles. The Bertz CT molecular complexity index is 296. The standard InChI is InChI=1S/C8H8BrNO3/c1-2-13-8(12)7-5(9)3-4-6(11)10-7/h3-5H,2H2,1H3. The Morgan fingerprint density at radius 2 is 2.46 bits per heavy atom. The van der Waals surface area contributed by atoms with Crippen molar-refractivity contribution in [1.29, 1.82) is 0 Å². The van der Waals surface area contributed by atoms with Crippen LogP contribution in [0.4, 0.5) is 0 Å². The number of halogens is 1. The summed E-state index contributed by atoms with van der Waals surface area (Å²) in [5, 5.41) is 0. The number of dihydropyridines is 1. The Hall–Kier alpha value is -0.970. The van der Waals surface area contributed by atoms with Gasteiger partial charge in [0.05, 0.1) is 11.4 Å². The van der Waals surface area contributed by atoms with E-state index in [2.05, 4.69) is 20.9 Å². The number of hydrogen-bond acceptors (Lipinski definition) is 3. The van der Waals surface area contributed by atoms with Crippen molar-refractivity contribution in [3.63, 3.8) is 0 Å². The fourth-order valence-corrected chi connectivity index (χ4v) is 1.28. The van der Waals surface area contributed by atoms with Gasteiger partial charge >= 0.3 is 5.97 Å². The van der Waals surface area contributed by atoms with E-state index in [-0.39, 0.29) is 17.1 Å². The van der Waals surface area contributed by atoms with Gasteiger partial charge in [-0.1, -0.05) is 22.0 Å². The molecule has 1 unspecified atom stereocenters. The van der Waals surface area contributed by atoms with Crippen LogP contribution in [0.3, 0.4) is 0 Å². The van der Waals surface area contributed by atoms with Gasteiger partial charge in [-0.05, 0) is 6.92 Å². The third-order valence-corrected chi connectivity index (χ3v) is 2.12. The Morgan fingerprint density at radius 1 is 1.77 bits per heavy atom. The molecular formula is C8H8BrNO3. The molecule has 4 nitrogen and oxygen atoms in total. The van der Waals surface area contributed by atoms with E-state index in [0.717, 1.165) is 0 Å². The minimum atomic E-state index is -0.554. The van der Waals surface area contributed by atoms with E-state index in [4.69, 9.17) is 4.74 Å². The number of aliphatic imine (C=N–C) groups is 1. The van der Waals surface area contributed by atoms with Crippen molar-refractivity contribution in [3.05, 3.63) is 12.2 Å². The predicted molar refractivity (Wildman–Crippen MR) is 50.9 cm³/mol. The van der Waals surface area contributed by atoms with Crippen LogP contribution in [0.1, 0.15) is 6.92 Å². The molecule has 70 valence electrons. The minimum absolute atomic E-state index is 0.106. The summed E-state index contributed by atoms with van der Waals surface area (Å²) < 4.78 is 4.71. The van der Waals surface area contributed by atoms with E-state index in [1.807, 2.05) is 0 Å². The lowest BCUT2D eigenvalue weighted by Gasteiger charge is -2.10. The third kappa shape index (κ3) is 2.48. The first-order valence-electron chi connectivity index (χ1n) is 3.77. The number of carbonyl (C=O) groups is 2. The highest BCUT2D eigenvalue weighted by molar-refractivity contribution is 9.10. The van der Waals surface area contributed by atoms with Crippen LogP contribution < -0.4 is 0 Å². The van der Waals surface area contributed by atoms with Crippen LogP contribution in [0.2, 0.25) is 0 Å². The van der Waals surface area contributed by atoms with Crippen molar-refractivity contribution in [3.8, 4) is 0 Å². The van der Waals surface area contributed by atoms with Crippen LogP contribution in [0.15, 0.2) is 17.1 Å². The normalized spacial score (nSPS) is 21.2. The van der Waals surface area contributed by atoms with E-state index >= 15 is 0 Å². The molecule has 0 saturated heterocycles. The summed E-state index contributed by atoms with van der Waals surface area (Å²) in [6.07, 6.45) is 2.86. The lowest BCUT2D eigenvalue weighted by molar-refractivity contribution is -0.135. The molecule has 5 heteroatoms. The van der Waals surface area contributed by atoms with Crippen LogP contribution in [0.5, 0.6) is 0 Å². The van der Waals surface area contributed by atoms with Gasteiger partial charge in [0.25, 0.3) is 5.91 Å². The molecule has 1 aliphatic heterocycles. The SMILES string of the molecule is CCOC(=O)C1=NC(=O)C=CC1Br. The van der Waals surface area contributed by atoms with Gasteiger partial charge in [-0.2, -0.15) is 0 Å². The molecule has 0 aliphatic carbocycles. The summed E-state index contributed by atoms with van der Waals surface area (Å²) in [6.45, 7) is 1.97. The molecule has 13 heavy (non-hydrogen) atoms. The molecule has 0 aromatic carbocycles. The van der Waals surface area contributed by atoms with Gasteiger partial charge in [-0.3, -0.25) is 4.79 Å². The summed E-state index contributed by atoms with van der Waals surface area (Å²) in [7, 11) is 0. The second kappa shape index (κ2) is 4.32. The zero-order valence-corrected chi connectivity index (χ0v) is 8.58. The molecule has 0 fully saturated rings. The van der Waals surface area contributed by atoms with Gasteiger partial charge < -0.3 is 4.74 Å². The van der Waals surface area contributed by atoms with Crippen LogP contribution in [0.25, 0.3) is 0 Å². The van der Waals surface area contributed by atoms with E-state index in [9.17, 15) is 9.59 Å². The molecule has 0 aromatic rings. The highest BCUT2D eigenvalue weighted by Crippen LogP contribution is 2.11. The average molecular weight is 246 g/mol. The molecule has 1 aliphatic rings. The number of carbonyl (C=O) groups excluding carboxylic acids is 2. The summed E-state index contributed by atoms with van der Waals surface area (Å²) in [6, 6.07) is 0. The van der Waals surface area contributed by atoms with Crippen LogP contribution in [-0.4, -0.2) is 29.0 Å². The van der Waals surface area contributed by atoms with Crippen molar-refractivity contribution in [2.24, 2.45) is 4.99 Å². The maximum atomic E-state index is 11.2. The zero-order valence-electron chi connectivity index (χ0n) is 6.99. The largest absolute Gasteiger partial charge is 0.461 e. The molecular weight excluding hydrogens is 238 g/mol. The lowest BCUT2D eigenvalue weighted by atomic mass is 10.2. The number of rotatable bonds is 2. The van der Waals surface area contributed by atoms with Crippen molar-refractivity contribution in [2.75, 3.05) is 6.61 Å². The second-order valence-electron chi connectivity index (χ2n) is 2.32. The van der Waals surface area contributed by atoms with Gasteiger partial charge in [0, 0.05) is 6.08 Å². The first-order valence-corrected chi connectivity index (χ1v) is 4.68. The predicted octanol–water partition coefficient (Wildman–Crippen LogP) is 0.850. The smallest absolute Gasteiger partial charge is 0.354 e. The van der Waals surface area contributed by atoms with Crippen LogP contribution in [-0.2, 0) is 14.3 Å². The summed E-state index contributed by atoms with van der Waals surface area (Å²) in [5.74, 6) is -0.985. The second-order valence-corrected chi connectivity index (χ2v) is 3.30. The number of alkyl halides is 1. The molecule has 0 N–H and O–H groups in total. The average Bonchev–Trinajstić information content (AvgIpc) is 2.09. The lowest BCUT2D eigenvalue weighted by Crippen LogP contribution is -2.28. The van der Waals surface area contributed by atoms with Gasteiger partial charge in [-0.15, -0.1) is 0 Å². The number of nitrogens with zero attached hydrogens (tertiary/aromatic N) is 1. The summed E-state index contributed by atoms with van der Waals surface area (Å²) in [4.78, 5) is 25.2. The van der Waals surface area contributed by atoms with Gasteiger partial charge in [0.2, 0.25) is 0 Å². The topological polar surface area (TPSA) is 55.7 Å². The Kier molecular flexibility index (Phi) is 3.36. The molecule has 0 radical (unpaired) electrons. The fraction of sp³-hybridized carbons (Fsp3) is 0.375. The molecule has 0 spiro atoms. The first-order chi connectivity index (χ1) is 6.15. The number of amides is 1. The Morgan fingerprint density at radius 3 is 3.08 bits per heavy atom. The maximum absolute atomic E-state index is 11.2. The zero-order chi connectivity index (χ0) is 9.84. The first kappa shape index (κ1) is 10.1. The maximum Gasteiger partial charge on any atom is 0.354 e. The molecule has 1 amide bonds. The van der Waals surface area contributed by atoms with Crippen LogP contribution in [0, 0.1) is 0 Å². The summed E-state index contributed by atoms with van der Waals surface area (Å²) in [5.41, 5.74) is 0.106. The molecule has 1 rings (SSSR count). The summed E-state index contributed by atoms with van der Waals surface area (Å²) >= 11 is 3.18. The van der Waals surface area contributed by atoms with Crippen molar-refractivity contribution in [2.45, 2.75) is 11.8 Å². The van der Waals surface area contributed by atoms with E-state index < -0.39 is 11.9 Å². The van der Waals surface area contributed by atoms with Gasteiger partial charge in [-0.25, -0.2) is 9.79 Å². The molecule has 0 aromatic heterocycles. The monoisotopic (exact) mass is 245 g/mol. The van der Waals surface area contributed by atoms with Crippen LogP contribution >= 0.6 is 15.9 Å². The number of hydrogen-bond donors (Lipinski definition) is 0. The van der Waals surface area contributed by atoms with E-state index in [1.165, 1.54) is 6.08 Å². The molecule has 0 saturated carbocycles. The van der Waals surface area contributed by atoms with Gasteiger partial charge in [0.1, 0.15) is 5.71 Å². The van der Waals surface area contributed by atoms with E-state index in [0.29, 0.717) is 0 Å². The van der Waals surface area contributed by atoms with Crippen molar-refractivity contribution >= 4 is 33.5 Å². The van der Waals surface area contributed by atoms with Crippen molar-refractivity contribution in [1.82, 2.24) is 0 Å². The molecule has 0 bridgehead atoms. The van der Waals surface area contributed by atoms with Crippen molar-refractivity contribution < 1.29 is 14.3 Å². The fourth-order valence-electron chi connectivity index (χ4n) is 0.839. The minimum Gasteiger partial charge on any atom is -0.461 e. The number of ether oxygens (including phenoxy) is 1. The van der Waals surface area contributed by atoms with Gasteiger partial charge in [0.15, 0.2) is 0 Å². The highest BCUT2D eigenvalue weighted by Gasteiger charge is 2.23.